The van der Waals surface area contributed by atoms with Gasteiger partial charge < -0.3 is 15.1 Å². The van der Waals surface area contributed by atoms with Crippen molar-refractivity contribution in [3.8, 4) is 0 Å². The first-order valence-electron chi connectivity index (χ1n) is 9.85. The first-order chi connectivity index (χ1) is 14.1. The van der Waals surface area contributed by atoms with Gasteiger partial charge in [-0.05, 0) is 49.2 Å². The fourth-order valence-corrected chi connectivity index (χ4v) is 3.53. The van der Waals surface area contributed by atoms with Crippen LogP contribution in [0, 0.1) is 13.8 Å². The van der Waals surface area contributed by atoms with Crippen LogP contribution in [0.5, 0.6) is 0 Å². The van der Waals surface area contributed by atoms with Crippen molar-refractivity contribution in [3.05, 3.63) is 77.7 Å². The van der Waals surface area contributed by atoms with Gasteiger partial charge in [0.2, 0.25) is 0 Å². The second-order valence-electron chi connectivity index (χ2n) is 7.30. The van der Waals surface area contributed by atoms with Crippen molar-refractivity contribution in [2.24, 2.45) is 0 Å². The number of aromatic nitrogens is 2. The minimum absolute atomic E-state index is 0.0165. The highest BCUT2D eigenvalue weighted by atomic mass is 16.2. The lowest BCUT2D eigenvalue weighted by Crippen LogP contribution is -2.49. The molecule has 6 nitrogen and oxygen atoms in total. The lowest BCUT2D eigenvalue weighted by molar-refractivity contribution is 0.0746. The average molecular weight is 387 g/mol. The summed E-state index contributed by atoms with van der Waals surface area (Å²) in [4.78, 5) is 25.8. The van der Waals surface area contributed by atoms with Gasteiger partial charge in [-0.1, -0.05) is 18.2 Å². The molecule has 1 aromatic carbocycles. The largest absolute Gasteiger partial charge is 0.354 e. The normalized spacial score (nSPS) is 14.0. The van der Waals surface area contributed by atoms with Crippen molar-refractivity contribution in [1.29, 1.82) is 0 Å². The molecule has 4 rings (SSSR count). The highest BCUT2D eigenvalue weighted by molar-refractivity contribution is 5.95. The van der Waals surface area contributed by atoms with Crippen LogP contribution in [0.3, 0.4) is 0 Å². The number of aryl methyl sites for hydroxylation is 1. The Bertz CT molecular complexity index is 997. The molecule has 1 saturated heterocycles. The van der Waals surface area contributed by atoms with E-state index in [0.29, 0.717) is 18.7 Å². The van der Waals surface area contributed by atoms with Crippen molar-refractivity contribution in [2.75, 3.05) is 36.4 Å². The number of nitrogens with one attached hydrogen (secondary N) is 1. The second-order valence-corrected chi connectivity index (χ2v) is 7.30. The highest BCUT2D eigenvalue weighted by Gasteiger charge is 2.23. The molecule has 0 atom stereocenters. The quantitative estimate of drug-likeness (QED) is 0.738. The van der Waals surface area contributed by atoms with Crippen LogP contribution in [-0.2, 0) is 0 Å². The van der Waals surface area contributed by atoms with Crippen molar-refractivity contribution >= 4 is 23.1 Å². The maximum Gasteiger partial charge on any atom is 0.255 e. The molecule has 0 spiro atoms. The number of carbonyl (C=O) groups is 1. The number of hydrogen-bond acceptors (Lipinski definition) is 5. The zero-order valence-corrected chi connectivity index (χ0v) is 16.8. The summed E-state index contributed by atoms with van der Waals surface area (Å²) in [6.07, 6.45) is 5.19. The van der Waals surface area contributed by atoms with Crippen molar-refractivity contribution in [2.45, 2.75) is 13.8 Å². The lowest BCUT2D eigenvalue weighted by Gasteiger charge is -2.35. The number of rotatable bonds is 4. The van der Waals surface area contributed by atoms with Crippen LogP contribution in [0.1, 0.15) is 21.5 Å². The van der Waals surface area contributed by atoms with Crippen molar-refractivity contribution < 1.29 is 4.79 Å². The summed E-state index contributed by atoms with van der Waals surface area (Å²) in [5.41, 5.74) is 4.86. The summed E-state index contributed by atoms with van der Waals surface area (Å²) in [6, 6.07) is 13.9. The van der Waals surface area contributed by atoms with Crippen molar-refractivity contribution in [1.82, 2.24) is 14.9 Å². The van der Waals surface area contributed by atoms with E-state index in [4.69, 9.17) is 0 Å². The van der Waals surface area contributed by atoms with Crippen LogP contribution in [0.25, 0.3) is 0 Å². The fraction of sp³-hybridized carbons (Fsp3) is 0.261. The molecule has 0 unspecified atom stereocenters. The molecule has 0 saturated carbocycles. The molecule has 2 aromatic heterocycles. The maximum atomic E-state index is 13.0. The van der Waals surface area contributed by atoms with Gasteiger partial charge in [0.15, 0.2) is 0 Å². The number of hydrogen-bond donors (Lipinski definition) is 1. The number of anilines is 3. The number of pyridine rings is 2. The van der Waals surface area contributed by atoms with Gasteiger partial charge in [-0.2, -0.15) is 0 Å². The molecule has 1 N–H and O–H groups in total. The van der Waals surface area contributed by atoms with Gasteiger partial charge in [0.1, 0.15) is 5.82 Å². The Kier molecular flexibility index (Phi) is 5.42. The number of amides is 1. The molecule has 0 bridgehead atoms. The Morgan fingerprint density at radius 2 is 1.83 bits per heavy atom. The molecule has 3 aromatic rings. The number of piperazine rings is 1. The maximum absolute atomic E-state index is 13.0. The van der Waals surface area contributed by atoms with Gasteiger partial charge in [0.25, 0.3) is 5.91 Å². The molecule has 1 fully saturated rings. The summed E-state index contributed by atoms with van der Waals surface area (Å²) in [5, 5.41) is 3.39. The van der Waals surface area contributed by atoms with Gasteiger partial charge >= 0.3 is 0 Å². The van der Waals surface area contributed by atoms with Crippen LogP contribution < -0.4 is 10.2 Å². The number of carbonyl (C=O) groups excluding carboxylic acids is 1. The molecule has 1 amide bonds. The van der Waals surface area contributed by atoms with E-state index in [9.17, 15) is 4.79 Å². The Morgan fingerprint density at radius 3 is 2.59 bits per heavy atom. The Balaban J connectivity index is 1.43. The summed E-state index contributed by atoms with van der Waals surface area (Å²) in [7, 11) is 0. The molecule has 29 heavy (non-hydrogen) atoms. The summed E-state index contributed by atoms with van der Waals surface area (Å²) < 4.78 is 0. The Hall–Kier alpha value is -3.41. The topological polar surface area (TPSA) is 61.4 Å². The minimum Gasteiger partial charge on any atom is -0.354 e. The third kappa shape index (κ3) is 4.21. The summed E-state index contributed by atoms with van der Waals surface area (Å²) in [5.74, 6) is 0.976. The Labute approximate surface area is 171 Å². The van der Waals surface area contributed by atoms with Crippen molar-refractivity contribution in [3.63, 3.8) is 0 Å². The van der Waals surface area contributed by atoms with Crippen LogP contribution in [0.15, 0.2) is 61.1 Å². The van der Waals surface area contributed by atoms with Crippen LogP contribution in [0.2, 0.25) is 0 Å². The van der Waals surface area contributed by atoms with E-state index in [2.05, 4.69) is 40.1 Å². The van der Waals surface area contributed by atoms with E-state index < -0.39 is 0 Å². The molecule has 1 aliphatic rings. The molecule has 1 aliphatic heterocycles. The van der Waals surface area contributed by atoms with Gasteiger partial charge in [-0.15, -0.1) is 0 Å². The predicted octanol–water partition coefficient (Wildman–Crippen LogP) is 3.80. The SMILES string of the molecule is Cc1cccc(Nc2cncc(C(=O)N3CCN(c4ccccn4)CC3)c2)c1C. The number of nitrogens with zero attached hydrogens (tertiary/aromatic N) is 4. The van der Waals surface area contributed by atoms with E-state index in [-0.39, 0.29) is 5.91 Å². The monoisotopic (exact) mass is 387 g/mol. The first kappa shape index (κ1) is 18.9. The van der Waals surface area contributed by atoms with Crippen LogP contribution >= 0.6 is 0 Å². The smallest absolute Gasteiger partial charge is 0.255 e. The Morgan fingerprint density at radius 1 is 1.00 bits per heavy atom. The van der Waals surface area contributed by atoms with E-state index in [0.717, 1.165) is 30.3 Å². The van der Waals surface area contributed by atoms with E-state index >= 15 is 0 Å². The lowest BCUT2D eigenvalue weighted by atomic mass is 10.1. The van der Waals surface area contributed by atoms with E-state index in [1.165, 1.54) is 11.1 Å². The molecular formula is C23H25N5O. The first-order valence-corrected chi connectivity index (χ1v) is 9.85. The van der Waals surface area contributed by atoms with E-state index in [1.807, 2.05) is 41.3 Å². The molecule has 0 radical (unpaired) electrons. The minimum atomic E-state index is 0.0165. The standard InChI is InChI=1S/C23H25N5O/c1-17-6-5-7-21(18(17)2)26-20-14-19(15-24-16-20)23(29)28-12-10-27(11-13-28)22-8-3-4-9-25-22/h3-9,14-16,26H,10-13H2,1-2H3. The number of benzene rings is 1. The van der Waals surface area contributed by atoms with Gasteiger partial charge in [0, 0.05) is 44.3 Å². The zero-order valence-electron chi connectivity index (χ0n) is 16.8. The van der Waals surface area contributed by atoms with Crippen LogP contribution in [0.4, 0.5) is 17.2 Å². The predicted molar refractivity (Wildman–Crippen MR) is 116 cm³/mol. The van der Waals surface area contributed by atoms with Crippen LogP contribution in [-0.4, -0.2) is 47.0 Å². The summed E-state index contributed by atoms with van der Waals surface area (Å²) >= 11 is 0. The fourth-order valence-electron chi connectivity index (χ4n) is 3.53. The third-order valence-electron chi connectivity index (χ3n) is 5.41. The van der Waals surface area contributed by atoms with E-state index in [1.54, 1.807) is 18.6 Å². The van der Waals surface area contributed by atoms with Gasteiger partial charge in [-0.3, -0.25) is 9.78 Å². The summed E-state index contributed by atoms with van der Waals surface area (Å²) in [6.45, 7) is 7.06. The van der Waals surface area contributed by atoms with Gasteiger partial charge in [0.05, 0.1) is 17.4 Å². The molecule has 0 aliphatic carbocycles. The molecule has 3 heterocycles. The third-order valence-corrected chi connectivity index (χ3v) is 5.41. The zero-order chi connectivity index (χ0) is 20.2. The molecule has 6 heteroatoms. The molecule has 148 valence electrons. The molecular weight excluding hydrogens is 362 g/mol. The average Bonchev–Trinajstić information content (AvgIpc) is 2.77. The highest BCUT2D eigenvalue weighted by Crippen LogP contribution is 2.23. The van der Waals surface area contributed by atoms with Gasteiger partial charge in [-0.25, -0.2) is 4.98 Å². The second kappa shape index (κ2) is 8.31.